The molecule has 0 spiro atoms. The standard InChI is InChI=1S/C16H18BrN5O/c1-21-6-8-22(9-7-21)15-10-14(18-11-19-15)16(23)20-13-5-3-2-4-12(13)17/h2-5,10-11H,6-9H2,1H3,(H,20,23). The lowest BCUT2D eigenvalue weighted by Crippen LogP contribution is -2.44. The van der Waals surface area contributed by atoms with E-state index in [1.807, 2.05) is 24.3 Å². The average molecular weight is 376 g/mol. The van der Waals surface area contributed by atoms with Gasteiger partial charge in [-0.1, -0.05) is 12.1 Å². The number of carbonyl (C=O) groups excluding carboxylic acids is 1. The summed E-state index contributed by atoms with van der Waals surface area (Å²) in [6.07, 6.45) is 1.45. The van der Waals surface area contributed by atoms with E-state index >= 15 is 0 Å². The van der Waals surface area contributed by atoms with Gasteiger partial charge in [-0.05, 0) is 35.1 Å². The largest absolute Gasteiger partial charge is 0.354 e. The third-order valence-electron chi connectivity index (χ3n) is 3.83. The Bertz CT molecular complexity index is 700. The van der Waals surface area contributed by atoms with Gasteiger partial charge in [0.05, 0.1) is 5.69 Å². The SMILES string of the molecule is CN1CCN(c2cc(C(=O)Nc3ccccc3Br)ncn2)CC1. The molecule has 1 N–H and O–H groups in total. The molecule has 7 heteroatoms. The Kier molecular flexibility index (Phi) is 4.88. The molecule has 3 rings (SSSR count). The summed E-state index contributed by atoms with van der Waals surface area (Å²) in [5, 5.41) is 2.86. The number of hydrogen-bond acceptors (Lipinski definition) is 5. The van der Waals surface area contributed by atoms with Crippen LogP contribution in [0.3, 0.4) is 0 Å². The number of benzene rings is 1. The predicted molar refractivity (Wildman–Crippen MR) is 93.8 cm³/mol. The molecule has 2 aromatic rings. The van der Waals surface area contributed by atoms with Crippen LogP contribution in [0.2, 0.25) is 0 Å². The van der Waals surface area contributed by atoms with Gasteiger partial charge in [0.15, 0.2) is 0 Å². The van der Waals surface area contributed by atoms with Gasteiger partial charge in [0, 0.05) is 36.7 Å². The number of halogens is 1. The summed E-state index contributed by atoms with van der Waals surface area (Å²) in [4.78, 5) is 25.3. The topological polar surface area (TPSA) is 61.4 Å². The minimum atomic E-state index is -0.241. The van der Waals surface area contributed by atoms with Crippen LogP contribution in [0.15, 0.2) is 41.1 Å². The average Bonchev–Trinajstić information content (AvgIpc) is 2.58. The quantitative estimate of drug-likeness (QED) is 0.891. The second-order valence-electron chi connectivity index (χ2n) is 5.49. The summed E-state index contributed by atoms with van der Waals surface area (Å²) in [5.74, 6) is 0.556. The van der Waals surface area contributed by atoms with Crippen LogP contribution in [0.4, 0.5) is 11.5 Å². The van der Waals surface area contributed by atoms with E-state index in [4.69, 9.17) is 0 Å². The third-order valence-corrected chi connectivity index (χ3v) is 4.53. The molecule has 1 aliphatic rings. The van der Waals surface area contributed by atoms with E-state index < -0.39 is 0 Å². The van der Waals surface area contributed by atoms with Gasteiger partial charge < -0.3 is 15.1 Å². The number of para-hydroxylation sites is 1. The summed E-state index contributed by atoms with van der Waals surface area (Å²) in [5.41, 5.74) is 1.09. The summed E-state index contributed by atoms with van der Waals surface area (Å²) in [7, 11) is 2.11. The van der Waals surface area contributed by atoms with Crippen molar-refractivity contribution < 1.29 is 4.79 Å². The third kappa shape index (κ3) is 3.86. The predicted octanol–water partition coefficient (Wildman–Crippen LogP) is 2.24. The minimum absolute atomic E-state index is 0.241. The number of hydrogen-bond donors (Lipinski definition) is 1. The van der Waals surface area contributed by atoms with E-state index in [1.165, 1.54) is 6.33 Å². The Hall–Kier alpha value is -1.99. The number of aromatic nitrogens is 2. The van der Waals surface area contributed by atoms with Crippen molar-refractivity contribution in [1.82, 2.24) is 14.9 Å². The van der Waals surface area contributed by atoms with Crippen LogP contribution >= 0.6 is 15.9 Å². The first kappa shape index (κ1) is 15.9. The van der Waals surface area contributed by atoms with Crippen molar-refractivity contribution in [2.75, 3.05) is 43.4 Å². The maximum absolute atomic E-state index is 12.4. The fourth-order valence-electron chi connectivity index (χ4n) is 2.43. The Balaban J connectivity index is 1.74. The zero-order chi connectivity index (χ0) is 16.2. The van der Waals surface area contributed by atoms with Gasteiger partial charge in [0.1, 0.15) is 17.8 Å². The van der Waals surface area contributed by atoms with E-state index in [0.29, 0.717) is 5.69 Å². The van der Waals surface area contributed by atoms with Crippen molar-refractivity contribution in [2.24, 2.45) is 0 Å². The number of likely N-dealkylation sites (N-methyl/N-ethyl adjacent to an activating group) is 1. The normalized spacial score (nSPS) is 15.5. The second-order valence-corrected chi connectivity index (χ2v) is 6.34. The zero-order valence-electron chi connectivity index (χ0n) is 12.9. The lowest BCUT2D eigenvalue weighted by atomic mass is 10.3. The van der Waals surface area contributed by atoms with Crippen LogP contribution in [0.1, 0.15) is 10.5 Å². The molecule has 1 aromatic heterocycles. The van der Waals surface area contributed by atoms with Gasteiger partial charge in [-0.2, -0.15) is 0 Å². The summed E-state index contributed by atoms with van der Waals surface area (Å²) in [6, 6.07) is 9.24. The molecule has 0 aliphatic carbocycles. The number of nitrogens with one attached hydrogen (secondary N) is 1. The molecular weight excluding hydrogens is 358 g/mol. The first-order valence-electron chi connectivity index (χ1n) is 7.45. The lowest BCUT2D eigenvalue weighted by molar-refractivity contribution is 0.102. The van der Waals surface area contributed by atoms with Crippen LogP contribution in [0.25, 0.3) is 0 Å². The summed E-state index contributed by atoms with van der Waals surface area (Å²) < 4.78 is 0.835. The van der Waals surface area contributed by atoms with Crippen LogP contribution in [-0.4, -0.2) is 54.0 Å². The molecular formula is C16H18BrN5O. The monoisotopic (exact) mass is 375 g/mol. The van der Waals surface area contributed by atoms with E-state index in [-0.39, 0.29) is 5.91 Å². The van der Waals surface area contributed by atoms with Crippen molar-refractivity contribution in [2.45, 2.75) is 0 Å². The number of carbonyl (C=O) groups is 1. The minimum Gasteiger partial charge on any atom is -0.354 e. The van der Waals surface area contributed by atoms with Crippen LogP contribution < -0.4 is 10.2 Å². The molecule has 0 bridgehead atoms. The second kappa shape index (κ2) is 7.06. The highest BCUT2D eigenvalue weighted by Gasteiger charge is 2.17. The number of anilines is 2. The molecule has 1 amide bonds. The smallest absolute Gasteiger partial charge is 0.274 e. The van der Waals surface area contributed by atoms with Crippen LogP contribution in [-0.2, 0) is 0 Å². The Labute approximate surface area is 143 Å². The van der Waals surface area contributed by atoms with E-state index in [2.05, 4.69) is 48.1 Å². The van der Waals surface area contributed by atoms with E-state index in [0.717, 1.165) is 42.2 Å². The molecule has 1 saturated heterocycles. The van der Waals surface area contributed by atoms with Gasteiger partial charge in [-0.15, -0.1) is 0 Å². The molecule has 0 unspecified atom stereocenters. The highest BCUT2D eigenvalue weighted by atomic mass is 79.9. The fourth-order valence-corrected chi connectivity index (χ4v) is 2.81. The van der Waals surface area contributed by atoms with E-state index in [9.17, 15) is 4.79 Å². The van der Waals surface area contributed by atoms with E-state index in [1.54, 1.807) is 6.07 Å². The summed E-state index contributed by atoms with van der Waals surface area (Å²) in [6.45, 7) is 3.78. The fraction of sp³-hybridized carbons (Fsp3) is 0.312. The van der Waals surface area contributed by atoms with Gasteiger partial charge in [-0.3, -0.25) is 4.79 Å². The number of piperazine rings is 1. The Morgan fingerprint density at radius 1 is 1.17 bits per heavy atom. The molecule has 2 heterocycles. The van der Waals surface area contributed by atoms with Gasteiger partial charge >= 0.3 is 0 Å². The molecule has 0 atom stereocenters. The molecule has 23 heavy (non-hydrogen) atoms. The Morgan fingerprint density at radius 3 is 2.65 bits per heavy atom. The van der Waals surface area contributed by atoms with Gasteiger partial charge in [-0.25, -0.2) is 9.97 Å². The van der Waals surface area contributed by atoms with Crippen molar-refractivity contribution in [3.63, 3.8) is 0 Å². The molecule has 6 nitrogen and oxygen atoms in total. The van der Waals surface area contributed by atoms with Gasteiger partial charge in [0.2, 0.25) is 0 Å². The number of nitrogens with zero attached hydrogens (tertiary/aromatic N) is 4. The zero-order valence-corrected chi connectivity index (χ0v) is 14.5. The molecule has 120 valence electrons. The first-order valence-corrected chi connectivity index (χ1v) is 8.24. The molecule has 1 aliphatic heterocycles. The Morgan fingerprint density at radius 2 is 1.91 bits per heavy atom. The molecule has 1 fully saturated rings. The lowest BCUT2D eigenvalue weighted by Gasteiger charge is -2.33. The highest BCUT2D eigenvalue weighted by molar-refractivity contribution is 9.10. The maximum atomic E-state index is 12.4. The number of amides is 1. The van der Waals surface area contributed by atoms with Crippen molar-refractivity contribution >= 4 is 33.3 Å². The summed E-state index contributed by atoms with van der Waals surface area (Å²) >= 11 is 3.42. The molecule has 1 aromatic carbocycles. The van der Waals surface area contributed by atoms with Gasteiger partial charge in [0.25, 0.3) is 5.91 Å². The number of rotatable bonds is 3. The molecule has 0 saturated carbocycles. The van der Waals surface area contributed by atoms with Crippen molar-refractivity contribution in [3.8, 4) is 0 Å². The van der Waals surface area contributed by atoms with Crippen molar-refractivity contribution in [1.29, 1.82) is 0 Å². The van der Waals surface area contributed by atoms with Crippen LogP contribution in [0, 0.1) is 0 Å². The highest BCUT2D eigenvalue weighted by Crippen LogP contribution is 2.22. The molecule has 0 radical (unpaired) electrons. The first-order chi connectivity index (χ1) is 11.1. The van der Waals surface area contributed by atoms with Crippen LogP contribution in [0.5, 0.6) is 0 Å². The van der Waals surface area contributed by atoms with Crippen molar-refractivity contribution in [3.05, 3.63) is 46.8 Å². The maximum Gasteiger partial charge on any atom is 0.274 e.